The fourth-order valence-corrected chi connectivity index (χ4v) is 3.43. The smallest absolute Gasteiger partial charge is 0.268 e. The molecule has 1 aromatic heterocycles. The summed E-state index contributed by atoms with van der Waals surface area (Å²) in [6.45, 7) is 0.0445. The summed E-state index contributed by atoms with van der Waals surface area (Å²) >= 11 is 0. The van der Waals surface area contributed by atoms with Crippen LogP contribution >= 0.6 is 0 Å². The highest BCUT2D eigenvalue weighted by molar-refractivity contribution is 5.93. The van der Waals surface area contributed by atoms with Gasteiger partial charge in [-0.15, -0.1) is 0 Å². The van der Waals surface area contributed by atoms with Gasteiger partial charge in [0.15, 0.2) is 0 Å². The third kappa shape index (κ3) is 2.49. The summed E-state index contributed by atoms with van der Waals surface area (Å²) in [4.78, 5) is 12.6. The molecule has 0 aliphatic heterocycles. The van der Waals surface area contributed by atoms with E-state index in [1.54, 1.807) is 0 Å². The molecule has 0 saturated heterocycles. The molecule has 0 aromatic carbocycles. The predicted molar refractivity (Wildman–Crippen MR) is 77.7 cm³/mol. The van der Waals surface area contributed by atoms with Gasteiger partial charge in [-0.1, -0.05) is 19.3 Å². The van der Waals surface area contributed by atoms with Gasteiger partial charge in [0.25, 0.3) is 5.91 Å². The number of carbonyl (C=O) groups is 1. The minimum atomic E-state index is -0.399. The average molecular weight is 276 g/mol. The first-order chi connectivity index (χ1) is 9.74. The molecule has 0 unspecified atom stereocenters. The Morgan fingerprint density at radius 3 is 2.65 bits per heavy atom. The lowest BCUT2D eigenvalue weighted by Gasteiger charge is -2.37. The molecular weight excluding hydrogens is 252 g/mol. The fraction of sp³-hybridized carbons (Fsp3) is 0.688. The molecule has 2 N–H and O–H groups in total. The number of aliphatic hydroxyl groups is 1. The number of nitrogens with zero attached hydrogens (tertiary/aromatic N) is 1. The van der Waals surface area contributed by atoms with Gasteiger partial charge in [0.2, 0.25) is 0 Å². The van der Waals surface area contributed by atoms with Crippen molar-refractivity contribution in [2.24, 2.45) is 0 Å². The van der Waals surface area contributed by atoms with Crippen molar-refractivity contribution in [3.8, 4) is 0 Å². The van der Waals surface area contributed by atoms with Gasteiger partial charge in [0.05, 0.1) is 12.1 Å². The van der Waals surface area contributed by atoms with Crippen LogP contribution in [-0.2, 0) is 0 Å². The van der Waals surface area contributed by atoms with Gasteiger partial charge in [-0.2, -0.15) is 0 Å². The topological polar surface area (TPSA) is 54.3 Å². The zero-order valence-corrected chi connectivity index (χ0v) is 12.0. The van der Waals surface area contributed by atoms with Crippen molar-refractivity contribution in [3.05, 3.63) is 24.0 Å². The Hall–Kier alpha value is -1.29. The summed E-state index contributed by atoms with van der Waals surface area (Å²) in [5, 5.41) is 12.8. The van der Waals surface area contributed by atoms with Crippen LogP contribution in [0.1, 0.15) is 67.9 Å². The monoisotopic (exact) mass is 276 g/mol. The third-order valence-corrected chi connectivity index (χ3v) is 4.97. The Balaban J connectivity index is 1.73. The Bertz CT molecular complexity index is 471. The van der Waals surface area contributed by atoms with Crippen LogP contribution in [0.2, 0.25) is 0 Å². The van der Waals surface area contributed by atoms with Crippen LogP contribution in [0.5, 0.6) is 0 Å². The van der Waals surface area contributed by atoms with E-state index in [1.807, 2.05) is 18.3 Å². The molecule has 0 atom stereocenters. The van der Waals surface area contributed by atoms with Crippen LogP contribution in [0.25, 0.3) is 0 Å². The molecule has 3 rings (SSSR count). The van der Waals surface area contributed by atoms with Crippen LogP contribution in [-0.4, -0.2) is 27.7 Å². The SMILES string of the molecule is O=C(NC1(CO)CCCCC1)c1cccn1C1CCC1. The fourth-order valence-electron chi connectivity index (χ4n) is 3.43. The number of nitrogens with one attached hydrogen (secondary N) is 1. The first kappa shape index (κ1) is 13.7. The second-order valence-corrected chi connectivity index (χ2v) is 6.34. The van der Waals surface area contributed by atoms with E-state index in [4.69, 9.17) is 0 Å². The molecule has 1 amide bonds. The van der Waals surface area contributed by atoms with Crippen molar-refractivity contribution in [2.75, 3.05) is 6.61 Å². The zero-order chi connectivity index (χ0) is 14.0. The number of hydrogen-bond acceptors (Lipinski definition) is 2. The molecule has 2 saturated carbocycles. The van der Waals surface area contributed by atoms with Gasteiger partial charge in [0, 0.05) is 12.2 Å². The minimum absolute atomic E-state index is 0.0298. The second-order valence-electron chi connectivity index (χ2n) is 6.34. The maximum Gasteiger partial charge on any atom is 0.268 e. The highest BCUT2D eigenvalue weighted by Crippen LogP contribution is 2.33. The van der Waals surface area contributed by atoms with Crippen LogP contribution < -0.4 is 5.32 Å². The molecule has 0 bridgehead atoms. The highest BCUT2D eigenvalue weighted by atomic mass is 16.3. The first-order valence-corrected chi connectivity index (χ1v) is 7.84. The molecule has 0 spiro atoms. The Kier molecular flexibility index (Phi) is 3.83. The number of rotatable bonds is 4. The van der Waals surface area contributed by atoms with E-state index in [0.29, 0.717) is 6.04 Å². The molecule has 1 heterocycles. The second kappa shape index (κ2) is 5.60. The molecular formula is C16H24N2O2. The number of hydrogen-bond donors (Lipinski definition) is 2. The Morgan fingerprint density at radius 2 is 2.05 bits per heavy atom. The van der Waals surface area contributed by atoms with Gasteiger partial charge in [-0.3, -0.25) is 4.79 Å². The predicted octanol–water partition coefficient (Wildman–Crippen LogP) is 2.64. The highest BCUT2D eigenvalue weighted by Gasteiger charge is 2.34. The summed E-state index contributed by atoms with van der Waals surface area (Å²) < 4.78 is 2.10. The molecule has 110 valence electrons. The van der Waals surface area contributed by atoms with Gasteiger partial charge < -0.3 is 15.0 Å². The summed E-state index contributed by atoms with van der Waals surface area (Å²) in [5.41, 5.74) is 0.345. The van der Waals surface area contributed by atoms with E-state index in [1.165, 1.54) is 25.7 Å². The zero-order valence-electron chi connectivity index (χ0n) is 12.0. The van der Waals surface area contributed by atoms with Crippen LogP contribution in [0, 0.1) is 0 Å². The summed E-state index contributed by atoms with van der Waals surface area (Å²) in [5.74, 6) is -0.0298. The maximum absolute atomic E-state index is 12.6. The van der Waals surface area contributed by atoms with Crippen molar-refractivity contribution in [1.82, 2.24) is 9.88 Å². The van der Waals surface area contributed by atoms with Crippen molar-refractivity contribution in [3.63, 3.8) is 0 Å². The van der Waals surface area contributed by atoms with Crippen LogP contribution in [0.3, 0.4) is 0 Å². The van der Waals surface area contributed by atoms with Crippen molar-refractivity contribution >= 4 is 5.91 Å². The molecule has 2 aliphatic carbocycles. The molecule has 20 heavy (non-hydrogen) atoms. The maximum atomic E-state index is 12.6. The summed E-state index contributed by atoms with van der Waals surface area (Å²) in [6, 6.07) is 4.32. The van der Waals surface area contributed by atoms with E-state index in [0.717, 1.165) is 31.4 Å². The first-order valence-electron chi connectivity index (χ1n) is 7.84. The average Bonchev–Trinajstić information content (AvgIpc) is 2.87. The molecule has 2 fully saturated rings. The number of carbonyl (C=O) groups excluding carboxylic acids is 1. The van der Waals surface area contributed by atoms with Crippen molar-refractivity contribution < 1.29 is 9.90 Å². The normalized spacial score (nSPS) is 22.2. The van der Waals surface area contributed by atoms with Crippen molar-refractivity contribution in [1.29, 1.82) is 0 Å². The largest absolute Gasteiger partial charge is 0.394 e. The summed E-state index contributed by atoms with van der Waals surface area (Å²) in [6.07, 6.45) is 10.7. The Labute approximate surface area is 120 Å². The molecule has 4 heteroatoms. The third-order valence-electron chi connectivity index (χ3n) is 4.97. The van der Waals surface area contributed by atoms with E-state index in [2.05, 4.69) is 9.88 Å². The van der Waals surface area contributed by atoms with Crippen LogP contribution in [0.15, 0.2) is 18.3 Å². The van der Waals surface area contributed by atoms with Crippen LogP contribution in [0.4, 0.5) is 0 Å². The molecule has 1 aromatic rings. The van der Waals surface area contributed by atoms with Gasteiger partial charge in [-0.25, -0.2) is 0 Å². The standard InChI is InChI=1S/C16H24N2O2/c19-12-16(9-2-1-3-10-16)17-15(20)14-8-5-11-18(14)13-6-4-7-13/h5,8,11,13,19H,1-4,6-7,9-10,12H2,(H,17,20). The number of amides is 1. The van der Waals surface area contributed by atoms with Gasteiger partial charge in [0.1, 0.15) is 5.69 Å². The molecule has 0 radical (unpaired) electrons. The van der Waals surface area contributed by atoms with Crippen molar-refractivity contribution in [2.45, 2.75) is 62.9 Å². The van der Waals surface area contributed by atoms with Gasteiger partial charge >= 0.3 is 0 Å². The lowest BCUT2D eigenvalue weighted by atomic mass is 9.82. The number of aromatic nitrogens is 1. The van der Waals surface area contributed by atoms with E-state index >= 15 is 0 Å². The quantitative estimate of drug-likeness (QED) is 0.888. The van der Waals surface area contributed by atoms with E-state index in [9.17, 15) is 9.90 Å². The van der Waals surface area contributed by atoms with Gasteiger partial charge in [-0.05, 0) is 44.2 Å². The lowest BCUT2D eigenvalue weighted by Crippen LogP contribution is -2.53. The summed E-state index contributed by atoms with van der Waals surface area (Å²) in [7, 11) is 0. The Morgan fingerprint density at radius 1 is 1.30 bits per heavy atom. The molecule has 2 aliphatic rings. The van der Waals surface area contributed by atoms with E-state index in [-0.39, 0.29) is 12.5 Å². The molecule has 4 nitrogen and oxygen atoms in total. The van der Waals surface area contributed by atoms with E-state index < -0.39 is 5.54 Å². The lowest BCUT2D eigenvalue weighted by molar-refractivity contribution is 0.0745. The number of aliphatic hydroxyl groups excluding tert-OH is 1. The minimum Gasteiger partial charge on any atom is -0.394 e.